The number of hydrogen-bond donors (Lipinski definition) is 1. The molecule has 2 N–H and O–H groups in total. The monoisotopic (exact) mass is 418 g/mol. The predicted molar refractivity (Wildman–Crippen MR) is 122 cm³/mol. The molecule has 2 aliphatic rings. The van der Waals surface area contributed by atoms with Crippen LogP contribution in [-0.4, -0.2) is 46.3 Å². The van der Waals surface area contributed by atoms with Gasteiger partial charge in [-0.2, -0.15) is 4.90 Å². The fraction of sp³-hybridized carbons (Fsp3) is 0.423. The van der Waals surface area contributed by atoms with E-state index in [1.165, 1.54) is 0 Å². The van der Waals surface area contributed by atoms with Gasteiger partial charge in [-0.3, -0.25) is 9.37 Å². The highest BCUT2D eigenvalue weighted by molar-refractivity contribution is 5.95. The lowest BCUT2D eigenvalue weighted by Crippen LogP contribution is -2.48. The second-order valence-corrected chi connectivity index (χ2v) is 8.71. The Hall–Kier alpha value is -2.95. The molecule has 2 amide bonds. The van der Waals surface area contributed by atoms with Crippen molar-refractivity contribution in [3.8, 4) is 0 Å². The molecule has 2 aromatic carbocycles. The summed E-state index contributed by atoms with van der Waals surface area (Å²) in [5.74, 6) is 1.03. The summed E-state index contributed by atoms with van der Waals surface area (Å²) in [6.07, 6.45) is 3.30. The predicted octanol–water partition coefficient (Wildman–Crippen LogP) is 3.31. The lowest BCUT2D eigenvalue weighted by molar-refractivity contribution is -0.556. The third-order valence-corrected chi connectivity index (χ3v) is 7.28. The van der Waals surface area contributed by atoms with Crippen LogP contribution in [0, 0.1) is 5.92 Å². The number of carbonyl (C=O) groups is 2. The van der Waals surface area contributed by atoms with E-state index in [0.717, 1.165) is 49.3 Å². The van der Waals surface area contributed by atoms with Crippen LogP contribution in [0.5, 0.6) is 0 Å². The molecule has 162 valence electrons. The summed E-state index contributed by atoms with van der Waals surface area (Å²) in [5, 5.41) is 0. The lowest BCUT2D eigenvalue weighted by atomic mass is 9.64. The molecule has 1 saturated carbocycles. The summed E-state index contributed by atoms with van der Waals surface area (Å²) >= 11 is 0. The van der Waals surface area contributed by atoms with Crippen LogP contribution in [0.25, 0.3) is 0 Å². The van der Waals surface area contributed by atoms with Crippen molar-refractivity contribution >= 4 is 17.6 Å². The number of amides is 2. The lowest BCUT2D eigenvalue weighted by Gasteiger charge is -2.37. The van der Waals surface area contributed by atoms with Gasteiger partial charge in [0.2, 0.25) is 5.91 Å². The van der Waals surface area contributed by atoms with Crippen molar-refractivity contribution in [3.05, 3.63) is 71.8 Å². The summed E-state index contributed by atoms with van der Waals surface area (Å²) in [6, 6.07) is 20.3. The summed E-state index contributed by atoms with van der Waals surface area (Å²) in [6.45, 7) is 5.56. The summed E-state index contributed by atoms with van der Waals surface area (Å²) in [4.78, 5) is 27.4. The third-order valence-electron chi connectivity index (χ3n) is 7.28. The van der Waals surface area contributed by atoms with Crippen LogP contribution in [0.2, 0.25) is 0 Å². The number of hydrogen-bond acceptors (Lipinski definition) is 2. The maximum Gasteiger partial charge on any atom is 0.309 e. The van der Waals surface area contributed by atoms with Crippen molar-refractivity contribution in [2.75, 3.05) is 13.1 Å². The first kappa shape index (κ1) is 21.3. The largest absolute Gasteiger partial charge is 0.369 e. The van der Waals surface area contributed by atoms with Gasteiger partial charge >= 0.3 is 5.91 Å². The maximum atomic E-state index is 13.2. The van der Waals surface area contributed by atoms with E-state index in [-0.39, 0.29) is 17.7 Å². The molecular formula is C26H32N3O2+. The first-order valence-corrected chi connectivity index (χ1v) is 11.3. The van der Waals surface area contributed by atoms with Gasteiger partial charge in [-0.25, -0.2) is 4.79 Å². The van der Waals surface area contributed by atoms with E-state index in [9.17, 15) is 9.59 Å². The Kier molecular flexibility index (Phi) is 5.94. The molecule has 1 aliphatic carbocycles. The van der Waals surface area contributed by atoms with Gasteiger partial charge in [0.1, 0.15) is 18.5 Å². The van der Waals surface area contributed by atoms with Crippen molar-refractivity contribution < 1.29 is 14.2 Å². The Bertz CT molecular complexity index is 945. The SMILES string of the molecule is CCC(=O)N1CC[N+](C2CCC(C(C(N)=O)(c3ccccc3)c3ccccc3)C2)=C1C. The number of benzene rings is 2. The normalized spacial score (nSPS) is 21.5. The zero-order valence-electron chi connectivity index (χ0n) is 18.5. The van der Waals surface area contributed by atoms with Crippen molar-refractivity contribution in [3.63, 3.8) is 0 Å². The number of carbonyl (C=O) groups excluding carboxylic acids is 2. The average Bonchev–Trinajstić information content (AvgIpc) is 3.42. The number of rotatable bonds is 6. The van der Waals surface area contributed by atoms with Crippen LogP contribution < -0.4 is 5.73 Å². The highest BCUT2D eigenvalue weighted by Crippen LogP contribution is 2.47. The molecule has 2 unspecified atom stereocenters. The van der Waals surface area contributed by atoms with Crippen molar-refractivity contribution in [1.29, 1.82) is 0 Å². The van der Waals surface area contributed by atoms with Crippen molar-refractivity contribution in [2.45, 2.75) is 51.0 Å². The molecule has 0 aromatic heterocycles. The minimum absolute atomic E-state index is 0.100. The smallest absolute Gasteiger partial charge is 0.309 e. The fourth-order valence-electron chi connectivity index (χ4n) is 5.79. The first-order valence-electron chi connectivity index (χ1n) is 11.3. The standard InChI is InChI=1S/C26H31N3O2/c1-3-24(30)29-17-16-28(19(29)2)23-15-14-22(18-23)26(25(27)31,20-10-6-4-7-11-20)21-12-8-5-9-13-21/h4-13,22-23H,3,14-18H2,1-2H3,(H-,27,31)/p+1. The maximum absolute atomic E-state index is 13.2. The van der Waals surface area contributed by atoms with Crippen LogP contribution in [0.4, 0.5) is 0 Å². The molecule has 1 aliphatic heterocycles. The molecule has 0 saturated heterocycles. The summed E-state index contributed by atoms with van der Waals surface area (Å²) in [5.41, 5.74) is 7.28. The number of primary amides is 1. The Labute approximate surface area is 184 Å². The van der Waals surface area contributed by atoms with E-state index < -0.39 is 5.41 Å². The van der Waals surface area contributed by atoms with Gasteiger partial charge in [-0.05, 0) is 36.3 Å². The molecule has 2 atom stereocenters. The van der Waals surface area contributed by atoms with Crippen molar-refractivity contribution in [1.82, 2.24) is 4.90 Å². The van der Waals surface area contributed by atoms with Crippen LogP contribution in [0.15, 0.2) is 60.7 Å². The third kappa shape index (κ3) is 3.56. The van der Waals surface area contributed by atoms with E-state index in [2.05, 4.69) is 4.58 Å². The topological polar surface area (TPSA) is 66.4 Å². The number of nitrogens with zero attached hydrogens (tertiary/aromatic N) is 2. The van der Waals surface area contributed by atoms with E-state index in [0.29, 0.717) is 12.5 Å². The fourth-order valence-corrected chi connectivity index (χ4v) is 5.79. The molecule has 5 heteroatoms. The van der Waals surface area contributed by atoms with Crippen LogP contribution in [0.3, 0.4) is 0 Å². The molecule has 5 nitrogen and oxygen atoms in total. The second kappa shape index (κ2) is 8.66. The van der Waals surface area contributed by atoms with Gasteiger partial charge in [-0.1, -0.05) is 67.6 Å². The zero-order chi connectivity index (χ0) is 22.0. The van der Waals surface area contributed by atoms with Gasteiger partial charge in [-0.15, -0.1) is 0 Å². The number of nitrogens with two attached hydrogens (primary N) is 1. The quantitative estimate of drug-likeness (QED) is 0.732. The van der Waals surface area contributed by atoms with E-state index in [1.54, 1.807) is 0 Å². The molecular weight excluding hydrogens is 386 g/mol. The number of amidine groups is 1. The molecule has 0 radical (unpaired) electrons. The minimum Gasteiger partial charge on any atom is -0.369 e. The van der Waals surface area contributed by atoms with Gasteiger partial charge in [0.15, 0.2) is 0 Å². The van der Waals surface area contributed by atoms with Gasteiger partial charge < -0.3 is 5.73 Å². The molecule has 1 fully saturated rings. The van der Waals surface area contributed by atoms with E-state index >= 15 is 0 Å². The Morgan fingerprint density at radius 2 is 1.61 bits per heavy atom. The second-order valence-electron chi connectivity index (χ2n) is 8.71. The zero-order valence-corrected chi connectivity index (χ0v) is 18.5. The van der Waals surface area contributed by atoms with Crippen LogP contribution >= 0.6 is 0 Å². The first-order chi connectivity index (χ1) is 15.0. The average molecular weight is 419 g/mol. The molecule has 31 heavy (non-hydrogen) atoms. The van der Waals surface area contributed by atoms with Gasteiger partial charge in [0, 0.05) is 13.3 Å². The highest BCUT2D eigenvalue weighted by Gasteiger charge is 2.51. The Balaban J connectivity index is 1.73. The van der Waals surface area contributed by atoms with Gasteiger partial charge in [0.05, 0.1) is 6.04 Å². The van der Waals surface area contributed by atoms with E-state index in [4.69, 9.17) is 5.73 Å². The molecule has 4 rings (SSSR count). The highest BCUT2D eigenvalue weighted by atomic mass is 16.2. The van der Waals surface area contributed by atoms with Crippen LogP contribution in [0.1, 0.15) is 50.7 Å². The Morgan fingerprint density at radius 1 is 1.03 bits per heavy atom. The molecule has 2 aromatic rings. The molecule has 0 spiro atoms. The van der Waals surface area contributed by atoms with E-state index in [1.807, 2.05) is 79.4 Å². The summed E-state index contributed by atoms with van der Waals surface area (Å²) in [7, 11) is 0. The molecule has 0 bridgehead atoms. The molecule has 1 heterocycles. The van der Waals surface area contributed by atoms with Gasteiger partial charge in [0.25, 0.3) is 5.84 Å². The summed E-state index contributed by atoms with van der Waals surface area (Å²) < 4.78 is 2.37. The minimum atomic E-state index is -0.857. The Morgan fingerprint density at radius 3 is 2.13 bits per heavy atom. The van der Waals surface area contributed by atoms with Crippen molar-refractivity contribution in [2.24, 2.45) is 11.7 Å². The van der Waals surface area contributed by atoms with Crippen LogP contribution in [-0.2, 0) is 15.0 Å².